The topological polar surface area (TPSA) is 109 Å². The van der Waals surface area contributed by atoms with Gasteiger partial charge >= 0.3 is 11.8 Å². The SMILES string of the molecule is Cc1ccc(C)c(NC(=O)COc2ccc(/C=N\NC(=O)C(=O)Nc3cccc(Cl)c3)cc2)c1. The number of hydrazone groups is 1. The second-order valence-electron chi connectivity index (χ2n) is 7.39. The van der Waals surface area contributed by atoms with Crippen LogP contribution in [-0.4, -0.2) is 30.5 Å². The van der Waals surface area contributed by atoms with Crippen LogP contribution in [0, 0.1) is 13.8 Å². The number of ether oxygens (including phenoxy) is 1. The molecule has 0 radical (unpaired) electrons. The number of aryl methyl sites for hydroxylation is 2. The van der Waals surface area contributed by atoms with Gasteiger partial charge in [0.25, 0.3) is 5.91 Å². The molecule has 0 spiro atoms. The van der Waals surface area contributed by atoms with Crippen LogP contribution in [0.15, 0.2) is 71.8 Å². The van der Waals surface area contributed by atoms with E-state index in [1.165, 1.54) is 12.3 Å². The van der Waals surface area contributed by atoms with Crippen LogP contribution in [0.5, 0.6) is 5.75 Å². The Hall–Kier alpha value is -4.17. The van der Waals surface area contributed by atoms with Gasteiger partial charge in [-0.05, 0) is 79.1 Å². The Kier molecular flexibility index (Phi) is 8.37. The number of amides is 3. The number of hydrogen-bond acceptors (Lipinski definition) is 5. The van der Waals surface area contributed by atoms with E-state index in [0.29, 0.717) is 22.0 Å². The van der Waals surface area contributed by atoms with Gasteiger partial charge in [-0.15, -0.1) is 0 Å². The highest BCUT2D eigenvalue weighted by Gasteiger charge is 2.13. The Morgan fingerprint density at radius 3 is 2.44 bits per heavy atom. The summed E-state index contributed by atoms with van der Waals surface area (Å²) in [6.45, 7) is 3.74. The maximum Gasteiger partial charge on any atom is 0.329 e. The first-order valence-electron chi connectivity index (χ1n) is 10.3. The van der Waals surface area contributed by atoms with Crippen LogP contribution in [0.4, 0.5) is 11.4 Å². The molecule has 3 N–H and O–H groups in total. The van der Waals surface area contributed by atoms with Crippen molar-refractivity contribution in [3.63, 3.8) is 0 Å². The quantitative estimate of drug-likeness (QED) is 0.270. The monoisotopic (exact) mass is 478 g/mol. The van der Waals surface area contributed by atoms with Crippen molar-refractivity contribution in [2.24, 2.45) is 5.10 Å². The van der Waals surface area contributed by atoms with E-state index in [2.05, 4.69) is 21.2 Å². The fraction of sp³-hybridized carbons (Fsp3) is 0.120. The minimum atomic E-state index is -0.925. The summed E-state index contributed by atoms with van der Waals surface area (Å²) in [5, 5.41) is 9.47. The van der Waals surface area contributed by atoms with Gasteiger partial charge in [0.1, 0.15) is 5.75 Å². The first-order valence-corrected chi connectivity index (χ1v) is 10.7. The van der Waals surface area contributed by atoms with Crippen molar-refractivity contribution in [1.29, 1.82) is 0 Å². The van der Waals surface area contributed by atoms with E-state index in [4.69, 9.17) is 16.3 Å². The first kappa shape index (κ1) is 24.5. The van der Waals surface area contributed by atoms with Crippen LogP contribution in [0.25, 0.3) is 0 Å². The lowest BCUT2D eigenvalue weighted by atomic mass is 10.1. The Labute approximate surface area is 202 Å². The standard InChI is InChI=1S/C25H23ClN4O4/c1-16-6-7-17(2)22(12-16)29-23(31)15-34-21-10-8-18(9-11-21)14-27-30-25(33)24(32)28-20-5-3-4-19(26)13-20/h3-14H,15H2,1-2H3,(H,28,32)(H,29,31)(H,30,33)/b27-14-. The molecule has 0 aromatic heterocycles. The molecule has 0 atom stereocenters. The maximum atomic E-state index is 12.2. The average Bonchev–Trinajstić information content (AvgIpc) is 2.81. The minimum absolute atomic E-state index is 0.140. The lowest BCUT2D eigenvalue weighted by Crippen LogP contribution is -2.32. The molecule has 3 aromatic carbocycles. The Balaban J connectivity index is 1.44. The molecule has 0 fully saturated rings. The number of nitrogens with zero attached hydrogens (tertiary/aromatic N) is 1. The highest BCUT2D eigenvalue weighted by molar-refractivity contribution is 6.39. The fourth-order valence-electron chi connectivity index (χ4n) is 2.83. The van der Waals surface area contributed by atoms with Crippen molar-refractivity contribution in [2.75, 3.05) is 17.2 Å². The second kappa shape index (κ2) is 11.6. The number of anilines is 2. The molecule has 3 amide bonds. The molecule has 9 heteroatoms. The molecule has 0 heterocycles. The predicted molar refractivity (Wildman–Crippen MR) is 132 cm³/mol. The highest BCUT2D eigenvalue weighted by atomic mass is 35.5. The normalized spacial score (nSPS) is 10.6. The van der Waals surface area contributed by atoms with Gasteiger partial charge < -0.3 is 15.4 Å². The molecule has 0 unspecified atom stereocenters. The van der Waals surface area contributed by atoms with E-state index in [9.17, 15) is 14.4 Å². The van der Waals surface area contributed by atoms with E-state index in [1.807, 2.05) is 32.0 Å². The van der Waals surface area contributed by atoms with Gasteiger partial charge in [0.05, 0.1) is 6.21 Å². The molecule has 3 rings (SSSR count). The van der Waals surface area contributed by atoms with Gasteiger partial charge in [-0.1, -0.05) is 29.8 Å². The van der Waals surface area contributed by atoms with E-state index in [1.54, 1.807) is 42.5 Å². The van der Waals surface area contributed by atoms with Crippen molar-refractivity contribution in [1.82, 2.24) is 5.43 Å². The molecule has 8 nitrogen and oxygen atoms in total. The zero-order chi connectivity index (χ0) is 24.5. The third kappa shape index (κ3) is 7.46. The number of halogens is 1. The van der Waals surface area contributed by atoms with Crippen molar-refractivity contribution < 1.29 is 19.1 Å². The number of carbonyl (C=O) groups excluding carboxylic acids is 3. The van der Waals surface area contributed by atoms with Crippen LogP contribution in [0.3, 0.4) is 0 Å². The Bertz CT molecular complexity index is 1230. The third-order valence-corrected chi connectivity index (χ3v) is 4.82. The minimum Gasteiger partial charge on any atom is -0.484 e. The molecule has 174 valence electrons. The molecular weight excluding hydrogens is 456 g/mol. The number of rotatable bonds is 7. The van der Waals surface area contributed by atoms with Crippen LogP contribution < -0.4 is 20.8 Å². The summed E-state index contributed by atoms with van der Waals surface area (Å²) in [6, 6.07) is 19.0. The summed E-state index contributed by atoms with van der Waals surface area (Å²) in [6.07, 6.45) is 1.38. The molecular formula is C25H23ClN4O4. The number of carbonyl (C=O) groups is 3. The van der Waals surface area contributed by atoms with Gasteiger partial charge in [0, 0.05) is 16.4 Å². The van der Waals surface area contributed by atoms with Gasteiger partial charge in [0.15, 0.2) is 6.61 Å². The highest BCUT2D eigenvalue weighted by Crippen LogP contribution is 2.17. The van der Waals surface area contributed by atoms with E-state index >= 15 is 0 Å². The van der Waals surface area contributed by atoms with Gasteiger partial charge in [-0.25, -0.2) is 5.43 Å². The average molecular weight is 479 g/mol. The maximum absolute atomic E-state index is 12.2. The van der Waals surface area contributed by atoms with Crippen LogP contribution in [-0.2, 0) is 14.4 Å². The van der Waals surface area contributed by atoms with Crippen molar-refractivity contribution in [3.8, 4) is 5.75 Å². The summed E-state index contributed by atoms with van der Waals surface area (Å²) in [5.74, 6) is -1.57. The molecule has 3 aromatic rings. The second-order valence-corrected chi connectivity index (χ2v) is 7.82. The van der Waals surface area contributed by atoms with Crippen LogP contribution in [0.1, 0.15) is 16.7 Å². The fourth-order valence-corrected chi connectivity index (χ4v) is 3.02. The van der Waals surface area contributed by atoms with Crippen molar-refractivity contribution >= 4 is 46.9 Å². The zero-order valence-corrected chi connectivity index (χ0v) is 19.3. The van der Waals surface area contributed by atoms with Gasteiger partial charge in [-0.3, -0.25) is 14.4 Å². The Morgan fingerprint density at radius 1 is 0.941 bits per heavy atom. The predicted octanol–water partition coefficient (Wildman–Crippen LogP) is 4.06. The molecule has 0 aliphatic heterocycles. The first-order chi connectivity index (χ1) is 16.3. The van der Waals surface area contributed by atoms with Crippen LogP contribution >= 0.6 is 11.6 Å². The summed E-state index contributed by atoms with van der Waals surface area (Å²) in [5.41, 5.74) is 5.98. The molecule has 0 aliphatic carbocycles. The van der Waals surface area contributed by atoms with Crippen LogP contribution in [0.2, 0.25) is 5.02 Å². The number of hydrogen-bond donors (Lipinski definition) is 3. The van der Waals surface area contributed by atoms with E-state index < -0.39 is 11.8 Å². The zero-order valence-electron chi connectivity index (χ0n) is 18.6. The van der Waals surface area contributed by atoms with Crippen molar-refractivity contribution in [2.45, 2.75) is 13.8 Å². The summed E-state index contributed by atoms with van der Waals surface area (Å²) in [4.78, 5) is 35.9. The van der Waals surface area contributed by atoms with E-state index in [0.717, 1.165) is 16.8 Å². The van der Waals surface area contributed by atoms with Gasteiger partial charge in [-0.2, -0.15) is 5.10 Å². The summed E-state index contributed by atoms with van der Waals surface area (Å²) in [7, 11) is 0. The van der Waals surface area contributed by atoms with Crippen molar-refractivity contribution in [3.05, 3.63) is 88.4 Å². The molecule has 0 aliphatic rings. The molecule has 0 saturated carbocycles. The Morgan fingerprint density at radius 2 is 1.71 bits per heavy atom. The summed E-state index contributed by atoms with van der Waals surface area (Å²) < 4.78 is 5.52. The molecule has 0 bridgehead atoms. The summed E-state index contributed by atoms with van der Waals surface area (Å²) >= 11 is 5.85. The lowest BCUT2D eigenvalue weighted by molar-refractivity contribution is -0.136. The van der Waals surface area contributed by atoms with Gasteiger partial charge in [0.2, 0.25) is 0 Å². The number of nitrogens with one attached hydrogen (secondary N) is 3. The molecule has 0 saturated heterocycles. The lowest BCUT2D eigenvalue weighted by Gasteiger charge is -2.10. The largest absolute Gasteiger partial charge is 0.484 e. The third-order valence-electron chi connectivity index (χ3n) is 4.59. The number of benzene rings is 3. The smallest absolute Gasteiger partial charge is 0.329 e. The van der Waals surface area contributed by atoms with E-state index in [-0.39, 0.29) is 12.5 Å². The molecule has 34 heavy (non-hydrogen) atoms.